The van der Waals surface area contributed by atoms with E-state index >= 15 is 0 Å². The van der Waals surface area contributed by atoms with Gasteiger partial charge in [0, 0.05) is 98.1 Å². The van der Waals surface area contributed by atoms with E-state index < -0.39 is 0 Å². The van der Waals surface area contributed by atoms with Crippen LogP contribution < -0.4 is 36.5 Å². The maximum absolute atomic E-state index is 2.40. The van der Waals surface area contributed by atoms with E-state index in [0.717, 1.165) is 6.42 Å². The lowest BCUT2D eigenvalue weighted by atomic mass is 9.84. The van der Waals surface area contributed by atoms with Crippen LogP contribution in [0.5, 0.6) is 0 Å². The standard InChI is InChI=1S/C28H32N2.C27H24N2.2C25H26N2/c1-20-24(26-13-9-10-14-29(26)5)15-21(18-28(2,3)4)16-25(20)27-17-22-11-7-8-12-23(22)19-30(27)6;1-19-24(27-23-13-7-4-10-20(23)15-17-29(27)3)18-21-11-5-6-12-22(21)26(19)25-14-8-9-16-28(25)2;1-17-10-8-14-23(26(17)4)22-16-20-12-6-7-13-21(20)25(19(22)3)24-15-9-11-18(2)27(24)5;1-17-16-22(25-21-11-7-6-10-20(21)13-15-27(25)5)19(3)24(18(17)2)23-12-8-9-14-26(23)4/h7-17,19H,18H2,1-6H3;4-18H,1-3H3;2*6-16H,1-5H3/q4*+2. The molecule has 0 saturated heterocycles. The maximum atomic E-state index is 2.40. The van der Waals surface area contributed by atoms with Gasteiger partial charge in [-0.2, -0.15) is 9.13 Å². The van der Waals surface area contributed by atoms with Gasteiger partial charge in [0.25, 0.3) is 0 Å². The van der Waals surface area contributed by atoms with E-state index in [1.807, 2.05) is 0 Å². The number of benzene rings is 9. The molecule has 17 rings (SSSR count). The number of pyridine rings is 8. The molecule has 0 aliphatic carbocycles. The van der Waals surface area contributed by atoms with E-state index in [4.69, 9.17) is 0 Å². The lowest BCUT2D eigenvalue weighted by Crippen LogP contribution is -2.35. The molecule has 8 heteroatoms. The Hall–Kier alpha value is -12.5. The molecule has 0 radical (unpaired) electrons. The van der Waals surface area contributed by atoms with E-state index in [9.17, 15) is 0 Å². The first-order chi connectivity index (χ1) is 54.3. The minimum Gasteiger partial charge on any atom is -0.201 e. The van der Waals surface area contributed by atoms with Crippen LogP contribution in [0.2, 0.25) is 0 Å². The Labute approximate surface area is 669 Å². The number of nitrogens with zero attached hydrogens (tertiary/aromatic N) is 8. The molecule has 0 aliphatic rings. The molecular formula is C105H108N8+8. The lowest BCUT2D eigenvalue weighted by molar-refractivity contribution is -0.666. The van der Waals surface area contributed by atoms with Crippen LogP contribution in [-0.2, 0) is 62.8 Å². The molecule has 560 valence electrons. The zero-order valence-electron chi connectivity index (χ0n) is 69.6. The van der Waals surface area contributed by atoms with Crippen LogP contribution in [-0.4, -0.2) is 0 Å². The van der Waals surface area contributed by atoms with E-state index in [0.29, 0.717) is 0 Å². The molecule has 8 heterocycles. The van der Waals surface area contributed by atoms with Gasteiger partial charge in [0.1, 0.15) is 56.4 Å². The van der Waals surface area contributed by atoms with Gasteiger partial charge >= 0.3 is 0 Å². The Balaban J connectivity index is 0.000000125. The molecule has 0 unspecified atom stereocenters. The SMILES string of the molecule is Cc1c(-c2c3ccccc3cc[n+]2C)cc2ccccc2c1-c1cccc[n+]1C.Cc1c(-c2cccc(C)[n+]2C)cc2ccccc2c1-c1cccc(C)[n+]1C.Cc1c(-c2cccc[n+]2C)cc(CC(C)(C)C)cc1-c1cc2ccccc2c[n+]1C.Cc1cc(-c2c3ccccc3cc[n+]2C)c(C)c(-c2cccc[n+]2C)c1C. The summed E-state index contributed by atoms with van der Waals surface area (Å²) in [7, 11) is 17.1. The van der Waals surface area contributed by atoms with Crippen molar-refractivity contribution >= 4 is 53.9 Å². The second-order valence-corrected chi connectivity index (χ2v) is 32.1. The molecule has 113 heavy (non-hydrogen) atoms. The number of rotatable bonds is 9. The van der Waals surface area contributed by atoms with Crippen LogP contribution in [0.25, 0.3) is 144 Å². The molecular weight excluding hydrogens is 1370 g/mol. The largest absolute Gasteiger partial charge is 0.220 e. The fraction of sp³-hybridized carbons (Fsp3) is 0.200. The van der Waals surface area contributed by atoms with Crippen molar-refractivity contribution in [2.24, 2.45) is 61.8 Å². The number of aromatic nitrogens is 8. The summed E-state index contributed by atoms with van der Waals surface area (Å²) in [6, 6.07) is 94.1. The van der Waals surface area contributed by atoms with Gasteiger partial charge in [0.05, 0.1) is 55.3 Å². The Morgan fingerprint density at radius 3 is 1.15 bits per heavy atom. The maximum Gasteiger partial charge on any atom is 0.220 e. The van der Waals surface area contributed by atoms with Gasteiger partial charge in [0.15, 0.2) is 48.6 Å². The highest BCUT2D eigenvalue weighted by atomic mass is 15.0. The fourth-order valence-corrected chi connectivity index (χ4v) is 16.9. The summed E-state index contributed by atoms with van der Waals surface area (Å²) >= 11 is 0. The van der Waals surface area contributed by atoms with Crippen LogP contribution in [0.3, 0.4) is 0 Å². The van der Waals surface area contributed by atoms with Crippen LogP contribution in [0.1, 0.15) is 71.1 Å². The second kappa shape index (κ2) is 32.4. The van der Waals surface area contributed by atoms with Crippen molar-refractivity contribution in [2.75, 3.05) is 0 Å². The Morgan fingerprint density at radius 1 is 0.248 bits per heavy atom. The molecule has 8 nitrogen and oxygen atoms in total. The third-order valence-corrected chi connectivity index (χ3v) is 23.3. The van der Waals surface area contributed by atoms with Gasteiger partial charge in [-0.05, 0) is 209 Å². The van der Waals surface area contributed by atoms with E-state index in [-0.39, 0.29) is 5.41 Å². The highest BCUT2D eigenvalue weighted by molar-refractivity contribution is 6.05. The van der Waals surface area contributed by atoms with Crippen LogP contribution in [0.4, 0.5) is 0 Å². The second-order valence-electron chi connectivity index (χ2n) is 32.1. The van der Waals surface area contributed by atoms with Crippen LogP contribution in [0, 0.1) is 60.8 Å². The van der Waals surface area contributed by atoms with Gasteiger partial charge in [-0.3, -0.25) is 0 Å². The average molecular weight is 1480 g/mol. The predicted molar refractivity (Wildman–Crippen MR) is 467 cm³/mol. The molecule has 0 aliphatic heterocycles. The van der Waals surface area contributed by atoms with Gasteiger partial charge in [-0.1, -0.05) is 124 Å². The molecule has 8 aromatic heterocycles. The number of fused-ring (bicyclic) bond motifs is 5. The fourth-order valence-electron chi connectivity index (χ4n) is 16.9. The van der Waals surface area contributed by atoms with Crippen molar-refractivity contribution in [3.05, 3.63) is 348 Å². The third-order valence-electron chi connectivity index (χ3n) is 23.3. The first-order valence-electron chi connectivity index (χ1n) is 39.6. The van der Waals surface area contributed by atoms with E-state index in [2.05, 4.69) is 467 Å². The molecule has 0 atom stereocenters. The number of hydrogen-bond donors (Lipinski definition) is 0. The molecule has 17 aromatic rings. The first-order valence-corrected chi connectivity index (χ1v) is 39.6. The smallest absolute Gasteiger partial charge is 0.201 e. The lowest BCUT2D eigenvalue weighted by Gasteiger charge is -2.20. The average Bonchev–Trinajstić information content (AvgIpc) is 0.761. The zero-order valence-corrected chi connectivity index (χ0v) is 69.6. The molecule has 0 fully saturated rings. The number of hydrogen-bond acceptors (Lipinski definition) is 0. The van der Waals surface area contributed by atoms with Crippen molar-refractivity contribution in [2.45, 2.75) is 82.6 Å². The van der Waals surface area contributed by atoms with Crippen molar-refractivity contribution in [1.29, 1.82) is 0 Å². The Kier molecular flexibility index (Phi) is 22.2. The first kappa shape index (κ1) is 77.2. The Morgan fingerprint density at radius 2 is 0.628 bits per heavy atom. The monoisotopic (exact) mass is 1480 g/mol. The molecule has 0 amide bonds. The van der Waals surface area contributed by atoms with Gasteiger partial charge in [-0.25, -0.2) is 27.4 Å². The molecule has 9 aromatic carbocycles. The normalized spacial score (nSPS) is 11.4. The summed E-state index contributed by atoms with van der Waals surface area (Å²) in [6.07, 6.45) is 14.0. The summed E-state index contributed by atoms with van der Waals surface area (Å²) in [6.45, 7) is 24.7. The minimum atomic E-state index is 0.230. The molecule has 0 spiro atoms. The quantitative estimate of drug-likeness (QED) is 0.129. The van der Waals surface area contributed by atoms with Crippen molar-refractivity contribution in [1.82, 2.24) is 0 Å². The highest BCUT2D eigenvalue weighted by Crippen LogP contribution is 2.42. The molecule has 0 N–H and O–H groups in total. The van der Waals surface area contributed by atoms with Gasteiger partial charge in [0.2, 0.25) is 45.6 Å². The Bertz CT molecular complexity index is 6530. The molecule has 0 bridgehead atoms. The van der Waals surface area contributed by atoms with Crippen molar-refractivity contribution < 1.29 is 36.5 Å². The van der Waals surface area contributed by atoms with Crippen molar-refractivity contribution in [3.63, 3.8) is 0 Å². The highest BCUT2D eigenvalue weighted by Gasteiger charge is 2.30. The third kappa shape index (κ3) is 15.6. The summed E-state index contributed by atoms with van der Waals surface area (Å²) in [5.74, 6) is 0. The summed E-state index contributed by atoms with van der Waals surface area (Å²) in [5.41, 5.74) is 32.5. The minimum absolute atomic E-state index is 0.230. The topological polar surface area (TPSA) is 31.0 Å². The van der Waals surface area contributed by atoms with Gasteiger partial charge < -0.3 is 0 Å². The van der Waals surface area contributed by atoms with Gasteiger partial charge in [-0.15, -0.1) is 0 Å². The number of aryl methyl sites for hydroxylation is 9. The molecule has 0 saturated carbocycles. The summed E-state index contributed by atoms with van der Waals surface area (Å²) in [5, 5.41) is 12.8. The zero-order chi connectivity index (χ0) is 79.7. The van der Waals surface area contributed by atoms with Crippen molar-refractivity contribution in [3.8, 4) is 90.1 Å². The van der Waals surface area contributed by atoms with Crippen LogP contribution in [0.15, 0.2) is 298 Å². The van der Waals surface area contributed by atoms with Crippen LogP contribution >= 0.6 is 0 Å². The predicted octanol–water partition coefficient (Wildman–Crippen LogP) is 20.5. The van der Waals surface area contributed by atoms with E-state index in [1.165, 1.54) is 194 Å². The summed E-state index contributed by atoms with van der Waals surface area (Å²) < 4.78 is 17.9. The van der Waals surface area contributed by atoms with E-state index in [1.54, 1.807) is 0 Å². The summed E-state index contributed by atoms with van der Waals surface area (Å²) in [4.78, 5) is 0.